The van der Waals surface area contributed by atoms with Gasteiger partial charge in [-0.3, -0.25) is 4.99 Å². The smallest absolute Gasteiger partial charge is 0.213 e. The van der Waals surface area contributed by atoms with Gasteiger partial charge < -0.3 is 15.4 Å². The van der Waals surface area contributed by atoms with Crippen LogP contribution in [0.15, 0.2) is 23.3 Å². The van der Waals surface area contributed by atoms with Crippen LogP contribution in [0, 0.1) is 0 Å². The molecular formula is C15H26N4O. The lowest BCUT2D eigenvalue weighted by molar-refractivity contribution is 0.397. The minimum atomic E-state index is 0.631. The van der Waals surface area contributed by atoms with E-state index in [0.29, 0.717) is 12.4 Å². The third-order valence-electron chi connectivity index (χ3n) is 3.01. The van der Waals surface area contributed by atoms with E-state index in [1.54, 1.807) is 20.4 Å². The van der Waals surface area contributed by atoms with Gasteiger partial charge in [0.15, 0.2) is 5.96 Å². The standard InChI is InChI=1S/C15H26N4O/c1-4-5-6-7-9-18-15(16-2)19-12-13-8-10-17-14(11-13)20-3/h8,10-11H,4-7,9,12H2,1-3H3,(H2,16,18,19). The fourth-order valence-electron chi connectivity index (χ4n) is 1.84. The van der Waals surface area contributed by atoms with Crippen molar-refractivity contribution in [2.75, 3.05) is 20.7 Å². The first-order valence-electron chi connectivity index (χ1n) is 7.23. The molecule has 0 spiro atoms. The topological polar surface area (TPSA) is 58.5 Å². The molecule has 0 aliphatic rings. The highest BCUT2D eigenvalue weighted by atomic mass is 16.5. The Morgan fingerprint density at radius 2 is 2.15 bits per heavy atom. The highest BCUT2D eigenvalue weighted by Crippen LogP contribution is 2.07. The van der Waals surface area contributed by atoms with Gasteiger partial charge in [0, 0.05) is 32.4 Å². The number of aliphatic imine (C=N–C) groups is 1. The third kappa shape index (κ3) is 6.41. The number of aromatic nitrogens is 1. The van der Waals surface area contributed by atoms with Crippen LogP contribution in [0.3, 0.4) is 0 Å². The molecule has 0 fully saturated rings. The predicted molar refractivity (Wildman–Crippen MR) is 83.1 cm³/mol. The first kappa shape index (κ1) is 16.3. The molecule has 0 aliphatic carbocycles. The number of nitrogens with zero attached hydrogens (tertiary/aromatic N) is 2. The summed E-state index contributed by atoms with van der Waals surface area (Å²) in [7, 11) is 3.41. The lowest BCUT2D eigenvalue weighted by atomic mass is 10.2. The van der Waals surface area contributed by atoms with Crippen LogP contribution in [0.1, 0.15) is 38.2 Å². The fraction of sp³-hybridized carbons (Fsp3) is 0.600. The second-order valence-corrected chi connectivity index (χ2v) is 4.62. The molecule has 0 radical (unpaired) electrons. The molecule has 0 aromatic carbocycles. The number of ether oxygens (including phenoxy) is 1. The summed E-state index contributed by atoms with van der Waals surface area (Å²) in [6.45, 7) is 3.88. The van der Waals surface area contributed by atoms with E-state index in [9.17, 15) is 0 Å². The third-order valence-corrected chi connectivity index (χ3v) is 3.01. The minimum Gasteiger partial charge on any atom is -0.481 e. The Balaban J connectivity index is 2.30. The van der Waals surface area contributed by atoms with Gasteiger partial charge in [0.1, 0.15) is 0 Å². The Bertz CT molecular complexity index is 407. The summed E-state index contributed by atoms with van der Waals surface area (Å²) in [4.78, 5) is 8.30. The highest BCUT2D eigenvalue weighted by Gasteiger charge is 2.00. The minimum absolute atomic E-state index is 0.631. The van der Waals surface area contributed by atoms with Crippen molar-refractivity contribution in [3.8, 4) is 5.88 Å². The molecule has 0 unspecified atom stereocenters. The van der Waals surface area contributed by atoms with Crippen LogP contribution in [-0.2, 0) is 6.54 Å². The largest absolute Gasteiger partial charge is 0.481 e. The summed E-state index contributed by atoms with van der Waals surface area (Å²) < 4.78 is 5.11. The van der Waals surface area contributed by atoms with E-state index in [0.717, 1.165) is 18.1 Å². The number of methoxy groups -OCH3 is 1. The molecule has 0 amide bonds. The van der Waals surface area contributed by atoms with Gasteiger partial charge in [0.25, 0.3) is 0 Å². The fourth-order valence-corrected chi connectivity index (χ4v) is 1.84. The summed E-state index contributed by atoms with van der Waals surface area (Å²) in [5.74, 6) is 1.46. The molecule has 0 saturated carbocycles. The summed E-state index contributed by atoms with van der Waals surface area (Å²) in [5, 5.41) is 6.60. The molecule has 20 heavy (non-hydrogen) atoms. The Morgan fingerprint density at radius 3 is 2.85 bits per heavy atom. The van der Waals surface area contributed by atoms with Crippen LogP contribution in [0.2, 0.25) is 0 Å². The van der Waals surface area contributed by atoms with Gasteiger partial charge in [0.2, 0.25) is 5.88 Å². The van der Waals surface area contributed by atoms with Crippen molar-refractivity contribution in [1.29, 1.82) is 0 Å². The normalized spacial score (nSPS) is 11.2. The molecule has 1 aromatic rings. The number of hydrogen-bond donors (Lipinski definition) is 2. The van der Waals surface area contributed by atoms with Crippen LogP contribution in [-0.4, -0.2) is 31.6 Å². The van der Waals surface area contributed by atoms with Gasteiger partial charge >= 0.3 is 0 Å². The second-order valence-electron chi connectivity index (χ2n) is 4.62. The van der Waals surface area contributed by atoms with Gasteiger partial charge in [-0.25, -0.2) is 4.98 Å². The molecule has 112 valence electrons. The molecule has 0 bridgehead atoms. The monoisotopic (exact) mass is 278 g/mol. The average molecular weight is 278 g/mol. The highest BCUT2D eigenvalue weighted by molar-refractivity contribution is 5.79. The van der Waals surface area contributed by atoms with Crippen LogP contribution in [0.5, 0.6) is 5.88 Å². The maximum Gasteiger partial charge on any atom is 0.213 e. The molecule has 0 saturated heterocycles. The van der Waals surface area contributed by atoms with Gasteiger partial charge in [-0.2, -0.15) is 0 Å². The zero-order valence-electron chi connectivity index (χ0n) is 12.8. The molecular weight excluding hydrogens is 252 g/mol. The van der Waals surface area contributed by atoms with Crippen LogP contribution in [0.25, 0.3) is 0 Å². The van der Waals surface area contributed by atoms with Crippen LogP contribution in [0.4, 0.5) is 0 Å². The first-order chi connectivity index (χ1) is 9.80. The van der Waals surface area contributed by atoms with Crippen LogP contribution < -0.4 is 15.4 Å². The summed E-state index contributed by atoms with van der Waals surface area (Å²) in [6, 6.07) is 3.88. The quantitative estimate of drug-likeness (QED) is 0.435. The molecule has 5 heteroatoms. The summed E-state index contributed by atoms with van der Waals surface area (Å²) >= 11 is 0. The lowest BCUT2D eigenvalue weighted by Crippen LogP contribution is -2.37. The van der Waals surface area contributed by atoms with E-state index in [1.165, 1.54) is 25.7 Å². The van der Waals surface area contributed by atoms with Crippen molar-refractivity contribution >= 4 is 5.96 Å². The SMILES string of the molecule is CCCCCCNC(=NC)NCc1ccnc(OC)c1. The van der Waals surface area contributed by atoms with E-state index in [4.69, 9.17) is 4.74 Å². The number of rotatable bonds is 8. The zero-order chi connectivity index (χ0) is 14.6. The molecule has 0 aliphatic heterocycles. The molecule has 1 heterocycles. The van der Waals surface area contributed by atoms with Gasteiger partial charge in [-0.15, -0.1) is 0 Å². The summed E-state index contributed by atoms with van der Waals surface area (Å²) in [6.07, 6.45) is 6.75. The van der Waals surface area contributed by atoms with Crippen molar-refractivity contribution in [2.24, 2.45) is 4.99 Å². The molecule has 1 aromatic heterocycles. The molecule has 1 rings (SSSR count). The molecule has 5 nitrogen and oxygen atoms in total. The lowest BCUT2D eigenvalue weighted by Gasteiger charge is -2.12. The van der Waals surface area contributed by atoms with Crippen molar-refractivity contribution in [2.45, 2.75) is 39.2 Å². The second kappa shape index (κ2) is 10.1. The zero-order valence-corrected chi connectivity index (χ0v) is 12.8. The predicted octanol–water partition coefficient (Wildman–Crippen LogP) is 2.34. The number of guanidine groups is 1. The Labute approximate surface area is 121 Å². The van der Waals surface area contributed by atoms with Crippen molar-refractivity contribution in [1.82, 2.24) is 15.6 Å². The van der Waals surface area contributed by atoms with Gasteiger partial charge in [-0.1, -0.05) is 26.2 Å². The Morgan fingerprint density at radius 1 is 1.30 bits per heavy atom. The van der Waals surface area contributed by atoms with E-state index >= 15 is 0 Å². The molecule has 2 N–H and O–H groups in total. The van der Waals surface area contributed by atoms with Crippen molar-refractivity contribution in [3.05, 3.63) is 23.9 Å². The van der Waals surface area contributed by atoms with E-state index in [1.807, 2.05) is 12.1 Å². The van der Waals surface area contributed by atoms with Gasteiger partial charge in [0.05, 0.1) is 7.11 Å². The van der Waals surface area contributed by atoms with Gasteiger partial charge in [-0.05, 0) is 18.1 Å². The number of nitrogens with one attached hydrogen (secondary N) is 2. The van der Waals surface area contributed by atoms with E-state index in [-0.39, 0.29) is 0 Å². The number of unbranched alkanes of at least 4 members (excludes halogenated alkanes) is 3. The Kier molecular flexibility index (Phi) is 8.19. The molecule has 0 atom stereocenters. The van der Waals surface area contributed by atoms with E-state index < -0.39 is 0 Å². The van der Waals surface area contributed by atoms with Crippen molar-refractivity contribution < 1.29 is 4.74 Å². The first-order valence-corrected chi connectivity index (χ1v) is 7.23. The van der Waals surface area contributed by atoms with E-state index in [2.05, 4.69) is 27.5 Å². The average Bonchev–Trinajstić information content (AvgIpc) is 2.50. The number of pyridine rings is 1. The maximum atomic E-state index is 5.11. The van der Waals surface area contributed by atoms with Crippen LogP contribution >= 0.6 is 0 Å². The Hall–Kier alpha value is -1.78. The summed E-state index contributed by atoms with van der Waals surface area (Å²) in [5.41, 5.74) is 1.12. The number of hydrogen-bond acceptors (Lipinski definition) is 3. The van der Waals surface area contributed by atoms with Crippen molar-refractivity contribution in [3.63, 3.8) is 0 Å². The maximum absolute atomic E-state index is 5.11.